The normalized spacial score (nSPS) is 18.2. The van der Waals surface area contributed by atoms with Crippen LogP contribution >= 0.6 is 0 Å². The van der Waals surface area contributed by atoms with Crippen molar-refractivity contribution in [2.75, 3.05) is 46.1 Å². The summed E-state index contributed by atoms with van der Waals surface area (Å²) in [5.41, 5.74) is 0. The van der Waals surface area contributed by atoms with E-state index in [1.54, 1.807) is 0 Å². The topological polar surface area (TPSA) is 182 Å². The number of aliphatic hydroxyl groups is 2. The molecule has 1 aromatic carbocycles. The molecule has 1 aliphatic rings. The second-order valence-electron chi connectivity index (χ2n) is 13.7. The smallest absolute Gasteiger partial charge is 0.311 e. The Kier molecular flexibility index (Phi) is 24.4. The molecular formula is C38H59F4N3O10. The number of halogens is 4. The molecule has 0 aliphatic carbocycles. The van der Waals surface area contributed by atoms with Crippen molar-refractivity contribution in [3.05, 3.63) is 29.3 Å². The quantitative estimate of drug-likeness (QED) is 0.0194. The van der Waals surface area contributed by atoms with Crippen LogP contribution in [0.2, 0.25) is 0 Å². The highest BCUT2D eigenvalue weighted by molar-refractivity contribution is 5.76. The summed E-state index contributed by atoms with van der Waals surface area (Å²) >= 11 is 0. The van der Waals surface area contributed by atoms with Gasteiger partial charge in [-0.15, -0.1) is 0 Å². The molecule has 13 nitrogen and oxygen atoms in total. The second kappa shape index (κ2) is 28.1. The number of rotatable bonds is 29. The average molecular weight is 794 g/mol. The molecule has 5 N–H and O–H groups in total. The molecule has 0 aromatic heterocycles. The maximum Gasteiger partial charge on any atom is 0.311 e. The van der Waals surface area contributed by atoms with E-state index in [-0.39, 0.29) is 62.4 Å². The number of benzene rings is 1. The zero-order valence-corrected chi connectivity index (χ0v) is 31.8. The summed E-state index contributed by atoms with van der Waals surface area (Å²) in [5, 5.41) is 27.7. The van der Waals surface area contributed by atoms with E-state index in [1.807, 2.05) is 6.92 Å². The lowest BCUT2D eigenvalue weighted by molar-refractivity contribution is -0.244. The second-order valence-corrected chi connectivity index (χ2v) is 13.7. The van der Waals surface area contributed by atoms with Gasteiger partial charge in [-0.3, -0.25) is 19.2 Å². The largest absolute Gasteiger partial charge is 0.420 e. The number of hydrogen-bond acceptors (Lipinski definition) is 10. The number of aliphatic hydroxyl groups excluding tert-OH is 2. The van der Waals surface area contributed by atoms with Crippen LogP contribution < -0.4 is 20.7 Å². The molecule has 17 heteroatoms. The van der Waals surface area contributed by atoms with Gasteiger partial charge < -0.3 is 45.1 Å². The molecule has 1 heterocycles. The van der Waals surface area contributed by atoms with Gasteiger partial charge in [0, 0.05) is 64.4 Å². The first-order valence-electron chi connectivity index (χ1n) is 19.4. The van der Waals surface area contributed by atoms with Gasteiger partial charge >= 0.3 is 5.97 Å². The Hall–Kier alpha value is -3.38. The van der Waals surface area contributed by atoms with Crippen molar-refractivity contribution in [3.8, 4) is 5.75 Å². The molecule has 1 saturated heterocycles. The van der Waals surface area contributed by atoms with Crippen LogP contribution in [-0.4, -0.2) is 98.5 Å². The van der Waals surface area contributed by atoms with E-state index in [0.717, 1.165) is 38.5 Å². The molecule has 4 atom stereocenters. The highest BCUT2D eigenvalue weighted by Gasteiger charge is 2.35. The number of carbonyl (C=O) groups excluding carboxylic acids is 4. The zero-order chi connectivity index (χ0) is 40.4. The van der Waals surface area contributed by atoms with Crippen molar-refractivity contribution in [3.63, 3.8) is 0 Å². The van der Waals surface area contributed by atoms with Crippen LogP contribution in [-0.2, 0) is 33.4 Å². The highest BCUT2D eigenvalue weighted by Crippen LogP contribution is 2.27. The van der Waals surface area contributed by atoms with Crippen LogP contribution in [0.25, 0.3) is 0 Å². The minimum atomic E-state index is -1.91. The summed E-state index contributed by atoms with van der Waals surface area (Å²) in [5.74, 6) is -9.50. The van der Waals surface area contributed by atoms with Crippen molar-refractivity contribution in [1.29, 1.82) is 0 Å². The van der Waals surface area contributed by atoms with Gasteiger partial charge in [-0.2, -0.15) is 4.39 Å². The van der Waals surface area contributed by atoms with Crippen LogP contribution in [0.15, 0.2) is 6.07 Å². The fourth-order valence-corrected chi connectivity index (χ4v) is 5.76. The third kappa shape index (κ3) is 20.4. The predicted molar refractivity (Wildman–Crippen MR) is 192 cm³/mol. The van der Waals surface area contributed by atoms with E-state index in [4.69, 9.17) is 14.2 Å². The number of esters is 1. The van der Waals surface area contributed by atoms with Gasteiger partial charge in [0.25, 0.3) is 0 Å². The summed E-state index contributed by atoms with van der Waals surface area (Å²) in [6, 6.07) is 0.120. The van der Waals surface area contributed by atoms with Crippen LogP contribution in [0.1, 0.15) is 110 Å². The molecule has 1 fully saturated rings. The predicted octanol–water partition coefficient (Wildman–Crippen LogP) is 4.49. The molecule has 55 heavy (non-hydrogen) atoms. The maximum absolute atomic E-state index is 13.6. The lowest BCUT2D eigenvalue weighted by Gasteiger charge is -2.36. The zero-order valence-electron chi connectivity index (χ0n) is 31.8. The molecule has 0 spiro atoms. The van der Waals surface area contributed by atoms with Crippen molar-refractivity contribution in [2.45, 2.75) is 128 Å². The van der Waals surface area contributed by atoms with Gasteiger partial charge in [0.2, 0.25) is 29.3 Å². The van der Waals surface area contributed by atoms with E-state index >= 15 is 0 Å². The lowest BCUT2D eigenvalue weighted by Crippen LogP contribution is -2.46. The minimum absolute atomic E-state index is 0.0370. The maximum atomic E-state index is 13.6. The Bertz CT molecular complexity index is 1310. The summed E-state index contributed by atoms with van der Waals surface area (Å²) < 4.78 is 74.6. The SMILES string of the molecule is CC1CC(OCCCCC(=O)NCCCNC(=O)CCOCCNC(=O)CCCCCCCCCCC(=O)Oc2c(F)cc(F)c(F)c2F)OC(CO)C1O. The first-order chi connectivity index (χ1) is 26.4. The molecule has 0 bridgehead atoms. The van der Waals surface area contributed by atoms with Crippen molar-refractivity contribution < 1.29 is 65.9 Å². The third-order valence-corrected chi connectivity index (χ3v) is 9.00. The Morgan fingerprint density at radius 2 is 1.27 bits per heavy atom. The first-order valence-corrected chi connectivity index (χ1v) is 19.4. The van der Waals surface area contributed by atoms with Gasteiger partial charge in [-0.05, 0) is 38.0 Å². The van der Waals surface area contributed by atoms with E-state index in [0.29, 0.717) is 77.6 Å². The Labute approximate surface area is 320 Å². The molecule has 1 aromatic rings. The van der Waals surface area contributed by atoms with Crippen molar-refractivity contribution >= 4 is 23.7 Å². The van der Waals surface area contributed by atoms with Gasteiger partial charge in [-0.1, -0.05) is 45.4 Å². The van der Waals surface area contributed by atoms with Crippen LogP contribution in [0.3, 0.4) is 0 Å². The van der Waals surface area contributed by atoms with Crippen molar-refractivity contribution in [2.24, 2.45) is 5.92 Å². The summed E-state index contributed by atoms with van der Waals surface area (Å²) in [6.07, 6.45) is 7.82. The average Bonchev–Trinajstić information content (AvgIpc) is 3.15. The molecule has 1 aliphatic heterocycles. The molecule has 3 amide bonds. The van der Waals surface area contributed by atoms with E-state index in [9.17, 15) is 47.0 Å². The number of unbranched alkanes of at least 4 members (excludes halogenated alkanes) is 8. The van der Waals surface area contributed by atoms with Crippen LogP contribution in [0.4, 0.5) is 17.6 Å². The number of carbonyl (C=O) groups is 4. The Balaban J connectivity index is 1.31. The number of nitrogens with one attached hydrogen (secondary N) is 3. The minimum Gasteiger partial charge on any atom is -0.420 e. The molecule has 0 radical (unpaired) electrons. The van der Waals surface area contributed by atoms with E-state index in [1.165, 1.54) is 0 Å². The monoisotopic (exact) mass is 793 g/mol. The fraction of sp³-hybridized carbons (Fsp3) is 0.737. The molecule has 0 saturated carbocycles. The number of hydrogen-bond donors (Lipinski definition) is 5. The van der Waals surface area contributed by atoms with E-state index < -0.39 is 53.5 Å². The van der Waals surface area contributed by atoms with E-state index in [2.05, 4.69) is 20.7 Å². The third-order valence-electron chi connectivity index (χ3n) is 9.00. The Morgan fingerprint density at radius 3 is 1.91 bits per heavy atom. The fourth-order valence-electron chi connectivity index (χ4n) is 5.76. The van der Waals surface area contributed by atoms with Crippen molar-refractivity contribution in [1.82, 2.24) is 16.0 Å². The first kappa shape index (κ1) is 47.8. The number of ether oxygens (including phenoxy) is 4. The van der Waals surface area contributed by atoms with Crippen LogP contribution in [0, 0.1) is 29.2 Å². The molecule has 4 unspecified atom stereocenters. The van der Waals surface area contributed by atoms with Gasteiger partial charge in [0.1, 0.15) is 6.10 Å². The molecular weight excluding hydrogens is 734 g/mol. The molecule has 2 rings (SSSR count). The summed E-state index contributed by atoms with van der Waals surface area (Å²) in [7, 11) is 0. The van der Waals surface area contributed by atoms with Gasteiger partial charge in [0.05, 0.1) is 25.9 Å². The van der Waals surface area contributed by atoms with Gasteiger partial charge in [-0.25, -0.2) is 13.2 Å². The van der Waals surface area contributed by atoms with Gasteiger partial charge in [0.15, 0.2) is 23.7 Å². The summed E-state index contributed by atoms with van der Waals surface area (Å²) in [4.78, 5) is 47.9. The molecule has 314 valence electrons. The Morgan fingerprint density at radius 1 is 0.709 bits per heavy atom. The summed E-state index contributed by atoms with van der Waals surface area (Å²) in [6.45, 7) is 3.74. The number of amides is 3. The highest BCUT2D eigenvalue weighted by atomic mass is 19.2. The standard InChI is InChI=1S/C38H59F4N3O10/c1-26-23-34(54-29(25-46)37(26)51)53-20-11-10-14-30(47)43-17-12-18-44-32(49)16-21-52-22-19-45-31(48)13-8-6-4-2-3-5-7-9-15-33(50)55-38-28(40)24-27(39)35(41)36(38)42/h24,26,29,34,37,46,51H,2-23,25H2,1H3,(H,43,47)(H,44,49)(H,45,48). The van der Waals surface area contributed by atoms with Crippen LogP contribution in [0.5, 0.6) is 5.75 Å². The lowest BCUT2D eigenvalue weighted by atomic mass is 9.93.